The maximum atomic E-state index is 13.6. The Labute approximate surface area is 220 Å². The summed E-state index contributed by atoms with van der Waals surface area (Å²) in [5.41, 5.74) is 3.73. The third-order valence-electron chi connectivity index (χ3n) is 5.98. The monoisotopic (exact) mass is 513 g/mol. The fraction of sp³-hybridized carbons (Fsp3) is 0.133. The van der Waals surface area contributed by atoms with Gasteiger partial charge < -0.3 is 29.3 Å². The summed E-state index contributed by atoms with van der Waals surface area (Å²) in [5.74, 6) is 0.713. The number of methoxy groups -OCH3 is 2. The SMILES string of the molecule is COc1cccc(C(=O)N(Cc2ccc(-c3ccc(O)c(OC(=O)O)c3)cc2)Cc2ccccc2OC)c1. The molecular weight excluding hydrogens is 486 g/mol. The van der Waals surface area contributed by atoms with Crippen molar-refractivity contribution in [1.82, 2.24) is 4.90 Å². The Kier molecular flexibility index (Phi) is 8.13. The lowest BCUT2D eigenvalue weighted by atomic mass is 10.0. The maximum Gasteiger partial charge on any atom is 0.511 e. The number of hydrogen-bond acceptors (Lipinski definition) is 6. The Bertz CT molecular complexity index is 1430. The number of phenols is 1. The number of amides is 1. The lowest BCUT2D eigenvalue weighted by Crippen LogP contribution is -2.30. The number of hydrogen-bond donors (Lipinski definition) is 2. The minimum atomic E-state index is -1.51. The quantitative estimate of drug-likeness (QED) is 0.210. The largest absolute Gasteiger partial charge is 0.511 e. The Balaban J connectivity index is 1.61. The van der Waals surface area contributed by atoms with Crippen molar-refractivity contribution in [3.8, 4) is 34.1 Å². The van der Waals surface area contributed by atoms with Gasteiger partial charge in [-0.1, -0.05) is 54.6 Å². The average molecular weight is 514 g/mol. The van der Waals surface area contributed by atoms with Crippen LogP contribution in [0.2, 0.25) is 0 Å². The van der Waals surface area contributed by atoms with Gasteiger partial charge in [0, 0.05) is 24.2 Å². The number of para-hydroxylation sites is 1. The third kappa shape index (κ3) is 6.22. The van der Waals surface area contributed by atoms with Crippen LogP contribution in [-0.4, -0.2) is 41.4 Å². The molecule has 4 aromatic carbocycles. The first-order chi connectivity index (χ1) is 18.4. The molecule has 0 heterocycles. The summed E-state index contributed by atoms with van der Waals surface area (Å²) >= 11 is 0. The zero-order valence-electron chi connectivity index (χ0n) is 21.0. The number of nitrogens with zero attached hydrogens (tertiary/aromatic N) is 1. The van der Waals surface area contributed by atoms with Gasteiger partial charge in [-0.05, 0) is 53.1 Å². The minimum Gasteiger partial charge on any atom is -0.504 e. The van der Waals surface area contributed by atoms with E-state index < -0.39 is 6.16 Å². The van der Waals surface area contributed by atoms with Gasteiger partial charge in [0.05, 0.1) is 14.2 Å². The lowest BCUT2D eigenvalue weighted by Gasteiger charge is -2.24. The maximum absolute atomic E-state index is 13.6. The first-order valence-electron chi connectivity index (χ1n) is 11.8. The molecule has 0 aromatic heterocycles. The van der Waals surface area contributed by atoms with Gasteiger partial charge in [-0.25, -0.2) is 4.79 Å². The highest BCUT2D eigenvalue weighted by molar-refractivity contribution is 5.94. The van der Waals surface area contributed by atoms with Crippen molar-refractivity contribution in [2.45, 2.75) is 13.1 Å². The summed E-state index contributed by atoms with van der Waals surface area (Å²) < 4.78 is 15.5. The summed E-state index contributed by atoms with van der Waals surface area (Å²) in [6.07, 6.45) is -1.51. The number of phenolic OH excluding ortho intramolecular Hbond substituents is 1. The molecule has 0 aliphatic carbocycles. The van der Waals surface area contributed by atoms with E-state index in [0.29, 0.717) is 35.7 Å². The topological polar surface area (TPSA) is 106 Å². The van der Waals surface area contributed by atoms with Crippen molar-refractivity contribution < 1.29 is 34.0 Å². The number of benzene rings is 4. The van der Waals surface area contributed by atoms with Crippen molar-refractivity contribution in [3.05, 3.63) is 108 Å². The van der Waals surface area contributed by atoms with Crippen molar-refractivity contribution in [1.29, 1.82) is 0 Å². The first kappa shape index (κ1) is 26.1. The number of carboxylic acid groups (broad SMARTS) is 1. The number of carbonyl (C=O) groups excluding carboxylic acids is 1. The van der Waals surface area contributed by atoms with Gasteiger partial charge in [0.1, 0.15) is 11.5 Å². The number of carbonyl (C=O) groups is 2. The van der Waals surface area contributed by atoms with Crippen LogP contribution in [0.15, 0.2) is 91.0 Å². The van der Waals surface area contributed by atoms with Crippen LogP contribution in [0.25, 0.3) is 11.1 Å². The summed E-state index contributed by atoms with van der Waals surface area (Å²) in [6, 6.07) is 26.6. The van der Waals surface area contributed by atoms with E-state index >= 15 is 0 Å². The predicted octanol–water partition coefficient (Wildman–Crippen LogP) is 5.98. The van der Waals surface area contributed by atoms with Crippen LogP contribution in [0.5, 0.6) is 23.0 Å². The van der Waals surface area contributed by atoms with Gasteiger partial charge in [0.15, 0.2) is 11.5 Å². The standard InChI is InChI=1S/C30H27NO7/c1-36-25-8-5-7-23(16-25)29(33)31(19-24-6-3-4-9-27(24)37-2)18-20-10-12-21(13-11-20)22-14-15-26(32)28(17-22)38-30(34)35/h3-17,32H,18-19H2,1-2H3,(H,34,35). The van der Waals surface area contributed by atoms with Gasteiger partial charge >= 0.3 is 6.16 Å². The van der Waals surface area contributed by atoms with Crippen LogP contribution in [0.1, 0.15) is 21.5 Å². The summed E-state index contributed by atoms with van der Waals surface area (Å²) in [7, 11) is 3.16. The van der Waals surface area contributed by atoms with Crippen LogP contribution in [0.4, 0.5) is 4.79 Å². The molecule has 8 nitrogen and oxygen atoms in total. The Hall–Kier alpha value is -4.98. The molecule has 38 heavy (non-hydrogen) atoms. The fourth-order valence-corrected chi connectivity index (χ4v) is 4.07. The molecule has 4 aromatic rings. The zero-order chi connectivity index (χ0) is 27.1. The van der Waals surface area contributed by atoms with Crippen LogP contribution in [0, 0.1) is 0 Å². The number of rotatable bonds is 9. The highest BCUT2D eigenvalue weighted by Gasteiger charge is 2.19. The van der Waals surface area contributed by atoms with Crippen LogP contribution in [-0.2, 0) is 13.1 Å². The van der Waals surface area contributed by atoms with E-state index in [4.69, 9.17) is 14.6 Å². The molecule has 2 N–H and O–H groups in total. The molecule has 0 bridgehead atoms. The molecule has 8 heteroatoms. The second kappa shape index (κ2) is 11.8. The lowest BCUT2D eigenvalue weighted by molar-refractivity contribution is 0.0728. The molecular formula is C30H27NO7. The molecule has 0 fully saturated rings. The molecule has 0 aliphatic rings. The number of ether oxygens (including phenoxy) is 3. The second-order valence-electron chi connectivity index (χ2n) is 8.45. The molecule has 0 radical (unpaired) electrons. The van der Waals surface area contributed by atoms with E-state index in [-0.39, 0.29) is 17.4 Å². The second-order valence-corrected chi connectivity index (χ2v) is 8.45. The summed E-state index contributed by atoms with van der Waals surface area (Å²) in [5, 5.41) is 18.8. The number of aromatic hydroxyl groups is 1. The van der Waals surface area contributed by atoms with Gasteiger partial charge in [-0.3, -0.25) is 4.79 Å². The normalized spacial score (nSPS) is 10.5. The van der Waals surface area contributed by atoms with Crippen LogP contribution >= 0.6 is 0 Å². The summed E-state index contributed by atoms with van der Waals surface area (Å²) in [6.45, 7) is 0.660. The Morgan fingerprint density at radius 1 is 0.763 bits per heavy atom. The van der Waals surface area contributed by atoms with Crippen molar-refractivity contribution in [3.63, 3.8) is 0 Å². The molecule has 0 saturated heterocycles. The van der Waals surface area contributed by atoms with Crippen LogP contribution in [0.3, 0.4) is 0 Å². The van der Waals surface area contributed by atoms with Gasteiger partial charge in [0.2, 0.25) is 0 Å². The Morgan fingerprint density at radius 3 is 2.21 bits per heavy atom. The van der Waals surface area contributed by atoms with Gasteiger partial charge in [0.25, 0.3) is 5.91 Å². The van der Waals surface area contributed by atoms with E-state index in [0.717, 1.165) is 16.7 Å². The Morgan fingerprint density at radius 2 is 1.50 bits per heavy atom. The van der Waals surface area contributed by atoms with Crippen molar-refractivity contribution in [2.75, 3.05) is 14.2 Å². The highest BCUT2D eigenvalue weighted by Crippen LogP contribution is 2.32. The summed E-state index contributed by atoms with van der Waals surface area (Å²) in [4.78, 5) is 26.2. The predicted molar refractivity (Wildman–Crippen MR) is 142 cm³/mol. The van der Waals surface area contributed by atoms with Gasteiger partial charge in [-0.2, -0.15) is 0 Å². The van der Waals surface area contributed by atoms with E-state index in [1.54, 1.807) is 49.5 Å². The molecule has 0 saturated carbocycles. The van der Waals surface area contributed by atoms with E-state index in [1.807, 2.05) is 48.5 Å². The molecule has 0 aliphatic heterocycles. The minimum absolute atomic E-state index is 0.147. The molecule has 194 valence electrons. The third-order valence-corrected chi connectivity index (χ3v) is 5.98. The fourth-order valence-electron chi connectivity index (χ4n) is 4.07. The molecule has 4 rings (SSSR count). The molecule has 0 atom stereocenters. The smallest absolute Gasteiger partial charge is 0.504 e. The zero-order valence-corrected chi connectivity index (χ0v) is 21.0. The van der Waals surface area contributed by atoms with Crippen molar-refractivity contribution in [2.24, 2.45) is 0 Å². The molecule has 1 amide bonds. The molecule has 0 spiro atoms. The van der Waals surface area contributed by atoms with E-state index in [2.05, 4.69) is 4.74 Å². The average Bonchev–Trinajstić information content (AvgIpc) is 2.94. The van der Waals surface area contributed by atoms with E-state index in [1.165, 1.54) is 12.1 Å². The van der Waals surface area contributed by atoms with Crippen molar-refractivity contribution >= 4 is 12.1 Å². The first-order valence-corrected chi connectivity index (χ1v) is 11.8. The van der Waals surface area contributed by atoms with Crippen LogP contribution < -0.4 is 14.2 Å². The highest BCUT2D eigenvalue weighted by atomic mass is 16.7. The van der Waals surface area contributed by atoms with Gasteiger partial charge in [-0.15, -0.1) is 0 Å². The van der Waals surface area contributed by atoms with E-state index in [9.17, 15) is 14.7 Å². The molecule has 0 unspecified atom stereocenters.